The number of hydrogen-bond donors (Lipinski definition) is 2. The number of carbonyl (C=O) groups is 2. The number of hydrogen-bond acceptors (Lipinski definition) is 4. The van der Waals surface area contributed by atoms with Crippen molar-refractivity contribution in [1.82, 2.24) is 9.62 Å². The summed E-state index contributed by atoms with van der Waals surface area (Å²) < 4.78 is 25.5. The van der Waals surface area contributed by atoms with E-state index in [1.807, 2.05) is 0 Å². The van der Waals surface area contributed by atoms with Crippen LogP contribution >= 0.6 is 0 Å². The highest BCUT2D eigenvalue weighted by Crippen LogP contribution is 2.29. The Labute approximate surface area is 124 Å². The van der Waals surface area contributed by atoms with E-state index in [0.717, 1.165) is 12.8 Å². The predicted octanol–water partition coefficient (Wildman–Crippen LogP) is 0.172. The zero-order chi connectivity index (χ0) is 15.5. The first kappa shape index (κ1) is 16.2. The van der Waals surface area contributed by atoms with E-state index in [4.69, 9.17) is 5.11 Å². The Morgan fingerprint density at radius 3 is 2.29 bits per heavy atom. The van der Waals surface area contributed by atoms with Crippen LogP contribution in [0, 0.1) is 5.92 Å². The van der Waals surface area contributed by atoms with Gasteiger partial charge in [0, 0.05) is 31.5 Å². The van der Waals surface area contributed by atoms with E-state index >= 15 is 0 Å². The number of carboxylic acids is 1. The SMILES string of the molecule is O=C(O)CCCS(=O)(=O)N1CCC(NC(=O)C2CC2)CC1. The van der Waals surface area contributed by atoms with Crippen molar-refractivity contribution in [2.24, 2.45) is 5.92 Å². The van der Waals surface area contributed by atoms with E-state index in [2.05, 4.69) is 5.32 Å². The summed E-state index contributed by atoms with van der Waals surface area (Å²) in [4.78, 5) is 22.1. The maximum absolute atomic E-state index is 12.1. The summed E-state index contributed by atoms with van der Waals surface area (Å²) >= 11 is 0. The van der Waals surface area contributed by atoms with Crippen molar-refractivity contribution >= 4 is 21.9 Å². The van der Waals surface area contributed by atoms with Crippen LogP contribution in [0.2, 0.25) is 0 Å². The Morgan fingerprint density at radius 1 is 1.14 bits per heavy atom. The number of nitrogens with one attached hydrogen (secondary N) is 1. The minimum absolute atomic E-state index is 0.0589. The largest absolute Gasteiger partial charge is 0.481 e. The predicted molar refractivity (Wildman–Crippen MR) is 76.1 cm³/mol. The number of nitrogens with zero attached hydrogens (tertiary/aromatic N) is 1. The first-order valence-electron chi connectivity index (χ1n) is 7.38. The van der Waals surface area contributed by atoms with Crippen LogP contribution in [-0.4, -0.2) is 54.6 Å². The van der Waals surface area contributed by atoms with E-state index in [0.29, 0.717) is 25.9 Å². The fourth-order valence-electron chi connectivity index (χ4n) is 2.48. The molecular formula is C13H22N2O5S. The summed E-state index contributed by atoms with van der Waals surface area (Å²) in [6.07, 6.45) is 3.17. The number of amides is 1. The molecule has 7 nitrogen and oxygen atoms in total. The van der Waals surface area contributed by atoms with Gasteiger partial charge in [-0.2, -0.15) is 0 Å². The Kier molecular flexibility index (Phi) is 5.21. The molecule has 2 aliphatic rings. The quantitative estimate of drug-likeness (QED) is 0.696. The molecule has 2 N–H and O–H groups in total. The van der Waals surface area contributed by atoms with Crippen LogP contribution in [0.4, 0.5) is 0 Å². The molecule has 0 radical (unpaired) electrons. The molecule has 0 bridgehead atoms. The number of carbonyl (C=O) groups excluding carboxylic acids is 1. The van der Waals surface area contributed by atoms with E-state index < -0.39 is 16.0 Å². The molecule has 8 heteroatoms. The molecule has 1 saturated heterocycles. The highest BCUT2D eigenvalue weighted by Gasteiger charge is 2.33. The molecule has 0 aromatic carbocycles. The first-order valence-corrected chi connectivity index (χ1v) is 8.99. The van der Waals surface area contributed by atoms with Crippen LogP contribution in [-0.2, 0) is 19.6 Å². The molecule has 0 unspecified atom stereocenters. The molecule has 2 fully saturated rings. The van der Waals surface area contributed by atoms with Gasteiger partial charge in [-0.15, -0.1) is 0 Å². The summed E-state index contributed by atoms with van der Waals surface area (Å²) in [6.45, 7) is 0.788. The molecule has 0 aromatic heterocycles. The van der Waals surface area contributed by atoms with Crippen LogP contribution < -0.4 is 5.32 Å². The van der Waals surface area contributed by atoms with Gasteiger partial charge >= 0.3 is 5.97 Å². The van der Waals surface area contributed by atoms with Gasteiger partial charge < -0.3 is 10.4 Å². The zero-order valence-corrected chi connectivity index (χ0v) is 12.8. The topological polar surface area (TPSA) is 104 Å². The monoisotopic (exact) mass is 318 g/mol. The number of rotatable bonds is 7. The van der Waals surface area contributed by atoms with Crippen molar-refractivity contribution < 1.29 is 23.1 Å². The molecule has 0 aromatic rings. The van der Waals surface area contributed by atoms with Crippen molar-refractivity contribution in [3.05, 3.63) is 0 Å². The maximum atomic E-state index is 12.1. The van der Waals surface area contributed by atoms with Crippen molar-refractivity contribution in [3.63, 3.8) is 0 Å². The van der Waals surface area contributed by atoms with Crippen molar-refractivity contribution in [1.29, 1.82) is 0 Å². The first-order chi connectivity index (χ1) is 9.88. The van der Waals surface area contributed by atoms with Crippen LogP contribution in [0.15, 0.2) is 0 Å². The maximum Gasteiger partial charge on any atom is 0.303 e. The van der Waals surface area contributed by atoms with E-state index in [9.17, 15) is 18.0 Å². The second-order valence-corrected chi connectivity index (χ2v) is 7.86. The average molecular weight is 318 g/mol. The number of piperidine rings is 1. The number of sulfonamides is 1. The Bertz CT molecular complexity index is 493. The van der Waals surface area contributed by atoms with Gasteiger partial charge in [0.25, 0.3) is 0 Å². The third-order valence-electron chi connectivity index (χ3n) is 3.93. The summed E-state index contributed by atoms with van der Waals surface area (Å²) in [5, 5.41) is 11.5. The molecule has 0 spiro atoms. The lowest BCUT2D eigenvalue weighted by atomic mass is 10.1. The van der Waals surface area contributed by atoms with Crippen LogP contribution in [0.5, 0.6) is 0 Å². The molecule has 1 saturated carbocycles. The Hall–Kier alpha value is -1.15. The van der Waals surface area contributed by atoms with Gasteiger partial charge in [-0.3, -0.25) is 9.59 Å². The average Bonchev–Trinajstić information content (AvgIpc) is 3.23. The molecule has 2 rings (SSSR count). The van der Waals surface area contributed by atoms with E-state index in [-0.39, 0.29) is 36.5 Å². The van der Waals surface area contributed by atoms with Crippen LogP contribution in [0.1, 0.15) is 38.5 Å². The second-order valence-electron chi connectivity index (χ2n) is 5.77. The van der Waals surface area contributed by atoms with Crippen LogP contribution in [0.25, 0.3) is 0 Å². The van der Waals surface area contributed by atoms with Gasteiger partial charge in [-0.1, -0.05) is 0 Å². The molecule has 1 amide bonds. The lowest BCUT2D eigenvalue weighted by Gasteiger charge is -2.31. The highest BCUT2D eigenvalue weighted by atomic mass is 32.2. The molecule has 120 valence electrons. The fourth-order valence-corrected chi connectivity index (χ4v) is 4.01. The smallest absolute Gasteiger partial charge is 0.303 e. The van der Waals surface area contributed by atoms with E-state index in [1.54, 1.807) is 0 Å². The molecule has 21 heavy (non-hydrogen) atoms. The lowest BCUT2D eigenvalue weighted by Crippen LogP contribution is -2.47. The van der Waals surface area contributed by atoms with Gasteiger partial charge in [-0.05, 0) is 32.1 Å². The third kappa shape index (κ3) is 4.96. The van der Waals surface area contributed by atoms with Crippen LogP contribution in [0.3, 0.4) is 0 Å². The zero-order valence-electron chi connectivity index (χ0n) is 12.0. The molecule has 0 atom stereocenters. The fraction of sp³-hybridized carbons (Fsp3) is 0.846. The summed E-state index contributed by atoms with van der Waals surface area (Å²) in [6, 6.07) is 0.0589. The van der Waals surface area contributed by atoms with Gasteiger partial charge in [0.1, 0.15) is 0 Å². The van der Waals surface area contributed by atoms with Crippen molar-refractivity contribution in [2.45, 2.75) is 44.6 Å². The standard InChI is InChI=1S/C13H22N2O5S/c16-12(17)2-1-9-21(19,20)15-7-5-11(6-8-15)14-13(18)10-3-4-10/h10-11H,1-9H2,(H,14,18)(H,16,17). The highest BCUT2D eigenvalue weighted by molar-refractivity contribution is 7.89. The summed E-state index contributed by atoms with van der Waals surface area (Å²) in [5.74, 6) is -0.842. The lowest BCUT2D eigenvalue weighted by molar-refractivity contribution is -0.137. The van der Waals surface area contributed by atoms with Gasteiger partial charge in [-0.25, -0.2) is 12.7 Å². The van der Waals surface area contributed by atoms with E-state index in [1.165, 1.54) is 4.31 Å². The van der Waals surface area contributed by atoms with Gasteiger partial charge in [0.2, 0.25) is 15.9 Å². The summed E-state index contributed by atoms with van der Waals surface area (Å²) in [5.41, 5.74) is 0. The molecule has 1 heterocycles. The third-order valence-corrected chi connectivity index (χ3v) is 5.89. The molecule has 1 aliphatic heterocycles. The van der Waals surface area contributed by atoms with Gasteiger partial charge in [0.05, 0.1) is 5.75 Å². The van der Waals surface area contributed by atoms with Crippen molar-refractivity contribution in [2.75, 3.05) is 18.8 Å². The minimum Gasteiger partial charge on any atom is -0.481 e. The summed E-state index contributed by atoms with van der Waals surface area (Å²) in [7, 11) is -3.38. The molecular weight excluding hydrogens is 296 g/mol. The minimum atomic E-state index is -3.38. The van der Waals surface area contributed by atoms with Gasteiger partial charge in [0.15, 0.2) is 0 Å². The number of aliphatic carboxylic acids is 1. The Balaban J connectivity index is 1.74. The Morgan fingerprint density at radius 2 is 1.76 bits per heavy atom. The molecule has 1 aliphatic carbocycles. The number of carboxylic acid groups (broad SMARTS) is 1. The normalized spacial score (nSPS) is 21.1. The second kappa shape index (κ2) is 6.74. The van der Waals surface area contributed by atoms with Crippen molar-refractivity contribution in [3.8, 4) is 0 Å².